The summed E-state index contributed by atoms with van der Waals surface area (Å²) in [6.07, 6.45) is 0.149. The van der Waals surface area contributed by atoms with E-state index < -0.39 is 24.3 Å². The molecule has 6 atom stereocenters. The van der Waals surface area contributed by atoms with E-state index in [0.29, 0.717) is 12.2 Å². The van der Waals surface area contributed by atoms with Gasteiger partial charge >= 0.3 is 5.97 Å². The Morgan fingerprint density at radius 3 is 2.39 bits per heavy atom. The number of ether oxygens (including phenoxy) is 3. The molecule has 2 aliphatic heterocycles. The van der Waals surface area contributed by atoms with Crippen LogP contribution in [0.15, 0.2) is 48.5 Å². The highest BCUT2D eigenvalue weighted by Crippen LogP contribution is 2.42. The van der Waals surface area contributed by atoms with E-state index >= 15 is 0 Å². The van der Waals surface area contributed by atoms with Gasteiger partial charge in [0.15, 0.2) is 12.4 Å². The van der Waals surface area contributed by atoms with Crippen molar-refractivity contribution in [2.75, 3.05) is 25.0 Å². The fourth-order valence-electron chi connectivity index (χ4n) is 5.17. The average Bonchev–Trinajstić information content (AvgIpc) is 3.37. The Morgan fingerprint density at radius 1 is 1.08 bits per heavy atom. The molecule has 3 N–H and O–H groups in total. The Kier molecular flexibility index (Phi) is 9.51. The summed E-state index contributed by atoms with van der Waals surface area (Å²) in [6.45, 7) is 6.65. The van der Waals surface area contributed by atoms with Gasteiger partial charge in [-0.25, -0.2) is 0 Å². The fraction of sp³-hybridized carbons (Fsp3) is 0.517. The molecule has 2 aromatic carbocycles. The zero-order valence-corrected chi connectivity index (χ0v) is 22.2. The summed E-state index contributed by atoms with van der Waals surface area (Å²) in [5, 5.41) is 22.0. The van der Waals surface area contributed by atoms with E-state index in [0.717, 1.165) is 36.1 Å². The molecule has 0 aromatic heterocycles. The Morgan fingerprint density at radius 2 is 1.76 bits per heavy atom. The van der Waals surface area contributed by atoms with Crippen LogP contribution < -0.4 is 5.32 Å². The highest BCUT2D eigenvalue weighted by Gasteiger charge is 2.40. The van der Waals surface area contributed by atoms with Crippen molar-refractivity contribution in [3.63, 3.8) is 0 Å². The van der Waals surface area contributed by atoms with E-state index in [1.807, 2.05) is 36.4 Å². The van der Waals surface area contributed by atoms with Gasteiger partial charge in [-0.05, 0) is 49.6 Å². The molecule has 206 valence electrons. The molecule has 0 saturated carbocycles. The fourth-order valence-corrected chi connectivity index (χ4v) is 5.17. The standard InChI is InChI=1S/C29H38N2O7/c1-18-26(15-31-14-4-5-25(31)17-33)37-29(38-27(18)22-8-6-21(16-32)7-9-22)23-10-12-24(13-11-23)30-28(35)19(2)36-20(3)34/h6-13,18-19,25-27,29,32-33H,4-5,14-17H2,1-3H3,(H,30,35)/t18-,19-,25-,26+,27+,29+/m0/s1. The first kappa shape index (κ1) is 28.2. The first-order valence-corrected chi connectivity index (χ1v) is 13.2. The number of carbonyl (C=O) groups excluding carboxylic acids is 2. The summed E-state index contributed by atoms with van der Waals surface area (Å²) in [4.78, 5) is 25.7. The minimum Gasteiger partial charge on any atom is -0.453 e. The highest BCUT2D eigenvalue weighted by molar-refractivity contribution is 5.94. The Balaban J connectivity index is 1.52. The van der Waals surface area contributed by atoms with Crippen LogP contribution in [-0.4, -0.2) is 64.9 Å². The largest absolute Gasteiger partial charge is 0.453 e. The topological polar surface area (TPSA) is 118 Å². The summed E-state index contributed by atoms with van der Waals surface area (Å²) >= 11 is 0. The second kappa shape index (κ2) is 12.8. The molecule has 2 fully saturated rings. The second-order valence-corrected chi connectivity index (χ2v) is 10.2. The summed E-state index contributed by atoms with van der Waals surface area (Å²) in [6, 6.07) is 15.2. The first-order valence-electron chi connectivity index (χ1n) is 13.2. The normalized spacial score (nSPS) is 26.6. The van der Waals surface area contributed by atoms with Gasteiger partial charge in [0.05, 0.1) is 25.4 Å². The molecule has 9 nitrogen and oxygen atoms in total. The van der Waals surface area contributed by atoms with Crippen LogP contribution in [-0.2, 0) is 30.4 Å². The maximum absolute atomic E-state index is 12.3. The van der Waals surface area contributed by atoms with Gasteiger partial charge < -0.3 is 29.7 Å². The van der Waals surface area contributed by atoms with Gasteiger partial charge in [-0.3, -0.25) is 14.5 Å². The molecule has 0 aliphatic carbocycles. The smallest absolute Gasteiger partial charge is 0.303 e. The van der Waals surface area contributed by atoms with Gasteiger partial charge in [-0.2, -0.15) is 0 Å². The van der Waals surface area contributed by atoms with Gasteiger partial charge in [0.1, 0.15) is 0 Å². The van der Waals surface area contributed by atoms with Gasteiger partial charge in [0.2, 0.25) is 0 Å². The number of esters is 1. The van der Waals surface area contributed by atoms with Crippen molar-refractivity contribution < 1.29 is 34.0 Å². The van der Waals surface area contributed by atoms with E-state index in [2.05, 4.69) is 17.1 Å². The lowest BCUT2D eigenvalue weighted by Gasteiger charge is -2.43. The summed E-state index contributed by atoms with van der Waals surface area (Å²) in [5.41, 5.74) is 3.23. The number of hydrogen-bond acceptors (Lipinski definition) is 8. The lowest BCUT2D eigenvalue weighted by Crippen LogP contribution is -2.46. The molecule has 0 unspecified atom stereocenters. The van der Waals surface area contributed by atoms with E-state index in [-0.39, 0.29) is 37.4 Å². The first-order chi connectivity index (χ1) is 18.3. The summed E-state index contributed by atoms with van der Waals surface area (Å²) in [5.74, 6) is -0.881. The highest BCUT2D eigenvalue weighted by atomic mass is 16.7. The lowest BCUT2D eigenvalue weighted by molar-refractivity contribution is -0.276. The monoisotopic (exact) mass is 526 g/mol. The van der Waals surface area contributed by atoms with Gasteiger partial charge in [-0.15, -0.1) is 0 Å². The number of amides is 1. The molecule has 0 bridgehead atoms. The van der Waals surface area contributed by atoms with Crippen molar-refractivity contribution in [3.8, 4) is 0 Å². The van der Waals surface area contributed by atoms with Gasteiger partial charge in [0.25, 0.3) is 5.91 Å². The van der Waals surface area contributed by atoms with Crippen molar-refractivity contribution in [1.29, 1.82) is 0 Å². The maximum Gasteiger partial charge on any atom is 0.303 e. The van der Waals surface area contributed by atoms with Gasteiger partial charge in [0, 0.05) is 36.7 Å². The van der Waals surface area contributed by atoms with Crippen LogP contribution in [0.4, 0.5) is 5.69 Å². The van der Waals surface area contributed by atoms with Crippen molar-refractivity contribution in [1.82, 2.24) is 4.90 Å². The predicted octanol–water partition coefficient (Wildman–Crippen LogP) is 3.32. The third kappa shape index (κ3) is 6.78. The number of anilines is 1. The molecule has 38 heavy (non-hydrogen) atoms. The lowest BCUT2D eigenvalue weighted by atomic mass is 9.90. The number of aliphatic hydroxyl groups is 2. The predicted molar refractivity (Wildman–Crippen MR) is 141 cm³/mol. The molecule has 2 saturated heterocycles. The van der Waals surface area contributed by atoms with Crippen LogP contribution in [0.1, 0.15) is 62.7 Å². The van der Waals surface area contributed by atoms with Crippen molar-refractivity contribution >= 4 is 17.6 Å². The molecular weight excluding hydrogens is 488 g/mol. The quantitative estimate of drug-likeness (QED) is 0.426. The molecule has 9 heteroatoms. The number of rotatable bonds is 9. The molecule has 2 aliphatic rings. The van der Waals surface area contributed by atoms with E-state index in [1.54, 1.807) is 12.1 Å². The zero-order chi connectivity index (χ0) is 27.2. The maximum atomic E-state index is 12.3. The third-order valence-corrected chi connectivity index (χ3v) is 7.41. The molecule has 1 amide bonds. The minimum atomic E-state index is -0.897. The average molecular weight is 527 g/mol. The minimum absolute atomic E-state index is 0.0181. The van der Waals surface area contributed by atoms with Crippen molar-refractivity contribution in [3.05, 3.63) is 65.2 Å². The van der Waals surface area contributed by atoms with Crippen LogP contribution in [0.5, 0.6) is 0 Å². The number of hydrogen-bond donors (Lipinski definition) is 3. The molecule has 0 radical (unpaired) electrons. The number of aliphatic hydroxyl groups excluding tert-OH is 2. The van der Waals surface area contributed by atoms with Crippen LogP contribution >= 0.6 is 0 Å². The number of nitrogens with one attached hydrogen (secondary N) is 1. The molecule has 4 rings (SSSR count). The molecule has 2 aromatic rings. The van der Waals surface area contributed by atoms with Crippen LogP contribution in [0.3, 0.4) is 0 Å². The van der Waals surface area contributed by atoms with E-state index in [4.69, 9.17) is 14.2 Å². The van der Waals surface area contributed by atoms with E-state index in [9.17, 15) is 19.8 Å². The van der Waals surface area contributed by atoms with E-state index in [1.165, 1.54) is 13.8 Å². The molecule has 2 heterocycles. The summed E-state index contributed by atoms with van der Waals surface area (Å²) in [7, 11) is 0. The second-order valence-electron chi connectivity index (χ2n) is 10.2. The van der Waals surface area contributed by atoms with Crippen LogP contribution in [0, 0.1) is 5.92 Å². The number of benzene rings is 2. The Bertz CT molecular complexity index is 1080. The van der Waals surface area contributed by atoms with Crippen LogP contribution in [0.25, 0.3) is 0 Å². The molecule has 0 spiro atoms. The number of carbonyl (C=O) groups is 2. The van der Waals surface area contributed by atoms with Crippen LogP contribution in [0.2, 0.25) is 0 Å². The van der Waals surface area contributed by atoms with Crippen molar-refractivity contribution in [2.24, 2.45) is 5.92 Å². The Hall–Kier alpha value is -2.82. The number of nitrogens with zero attached hydrogens (tertiary/aromatic N) is 1. The summed E-state index contributed by atoms with van der Waals surface area (Å²) < 4.78 is 17.9. The third-order valence-electron chi connectivity index (χ3n) is 7.41. The number of likely N-dealkylation sites (tertiary alicyclic amines) is 1. The SMILES string of the molecule is CC(=O)O[C@@H](C)C(=O)Nc1ccc([C@@H]2O[C@H](CN3CCC[C@H]3CO)[C@H](C)[C@H](c3ccc(CO)cc3)O2)cc1. The molecular formula is C29H38N2O7. The Labute approximate surface area is 223 Å². The van der Waals surface area contributed by atoms with Crippen molar-refractivity contribution in [2.45, 2.75) is 70.9 Å². The van der Waals surface area contributed by atoms with Gasteiger partial charge in [-0.1, -0.05) is 43.3 Å². The zero-order valence-electron chi connectivity index (χ0n) is 22.2.